The first-order valence-corrected chi connectivity index (χ1v) is 7.57. The normalized spacial score (nSPS) is 10.8. The van der Waals surface area contributed by atoms with Gasteiger partial charge in [0.05, 0.1) is 0 Å². The van der Waals surface area contributed by atoms with Gasteiger partial charge in [-0.2, -0.15) is 0 Å². The smallest absolute Gasteiger partial charge is 0.0500 e. The van der Waals surface area contributed by atoms with Crippen molar-refractivity contribution in [2.45, 2.75) is 64.7 Å². The number of hydrogen-bond donors (Lipinski definition) is 1. The molecule has 0 spiro atoms. The van der Waals surface area contributed by atoms with Crippen molar-refractivity contribution in [3.63, 3.8) is 0 Å². The highest BCUT2D eigenvalue weighted by molar-refractivity contribution is 4.90. The number of aliphatic hydroxyl groups is 1. The van der Waals surface area contributed by atoms with E-state index in [0.29, 0.717) is 0 Å². The Morgan fingerprint density at radius 1 is 1.05 bits per heavy atom. The van der Waals surface area contributed by atoms with Crippen molar-refractivity contribution in [2.24, 2.45) is 5.92 Å². The summed E-state index contributed by atoms with van der Waals surface area (Å²) >= 11 is 0. The van der Waals surface area contributed by atoms with Crippen molar-refractivity contribution < 1.29 is 13.7 Å². The molecule has 1 nitrogen and oxygen atoms in total. The minimum atomic E-state index is 0. The van der Waals surface area contributed by atoms with Gasteiger partial charge in [-0.25, -0.2) is 0 Å². The third kappa shape index (κ3) is 13.1. The van der Waals surface area contributed by atoms with Gasteiger partial charge in [0.1, 0.15) is 0 Å². The van der Waals surface area contributed by atoms with Crippen LogP contribution in [0.3, 0.4) is 0 Å². The highest BCUT2D eigenvalue weighted by Gasteiger charge is 2.02. The number of rotatable bonds is 11. The first-order chi connectivity index (χ1) is 9.35. The topological polar surface area (TPSA) is 20.2 Å². The van der Waals surface area contributed by atoms with Crippen LogP contribution < -0.4 is 0 Å². The van der Waals surface area contributed by atoms with Gasteiger partial charge in [-0.3, -0.25) is 0 Å². The van der Waals surface area contributed by atoms with E-state index in [1.807, 2.05) is 6.08 Å². The Bertz CT molecular complexity index is 364. The van der Waals surface area contributed by atoms with E-state index in [2.05, 4.69) is 36.4 Å². The van der Waals surface area contributed by atoms with Crippen LogP contribution >= 0.6 is 0 Å². The zero-order valence-corrected chi connectivity index (χ0v) is 12.4. The second-order valence-corrected chi connectivity index (χ2v) is 4.94. The fourth-order valence-corrected chi connectivity index (χ4v) is 2.01. The van der Waals surface area contributed by atoms with E-state index in [0.717, 1.165) is 6.42 Å². The molecule has 0 aromatic carbocycles. The van der Waals surface area contributed by atoms with Crippen molar-refractivity contribution >= 4 is 0 Å². The molecule has 0 rings (SSSR count). The van der Waals surface area contributed by atoms with Crippen LogP contribution in [0.1, 0.15) is 73.3 Å². The van der Waals surface area contributed by atoms with E-state index in [9.17, 15) is 5.11 Å². The van der Waals surface area contributed by atoms with Crippen molar-refractivity contribution in [2.75, 3.05) is 6.61 Å². The lowest BCUT2D eigenvalue weighted by Crippen LogP contribution is -2.01. The van der Waals surface area contributed by atoms with Gasteiger partial charge >= 0.3 is 0 Å². The van der Waals surface area contributed by atoms with E-state index in [1.54, 1.807) is 0 Å². The van der Waals surface area contributed by atoms with E-state index < -0.39 is 0 Å². The van der Waals surface area contributed by atoms with Crippen LogP contribution in [0.15, 0.2) is 35.6 Å². The second-order valence-electron chi connectivity index (χ2n) is 4.94. The lowest BCUT2D eigenvalue weighted by molar-refractivity contribution is 0.243. The average Bonchev–Trinajstić information content (AvgIpc) is 2.44. The molecule has 1 heteroatoms. The van der Waals surface area contributed by atoms with Crippen LogP contribution in [0.2, 0.25) is 0 Å². The van der Waals surface area contributed by atoms with Gasteiger partial charge in [0.25, 0.3) is 0 Å². The number of hydrogen-bond acceptors (Lipinski definition) is 1. The van der Waals surface area contributed by atoms with Crippen LogP contribution in [0, 0.1) is 5.92 Å². The molecule has 0 bridgehead atoms. The van der Waals surface area contributed by atoms with Crippen molar-refractivity contribution in [3.8, 4) is 0 Å². The van der Waals surface area contributed by atoms with Gasteiger partial charge in [0, 0.05) is 21.1 Å². The maximum absolute atomic E-state index is 9.23. The summed E-state index contributed by atoms with van der Waals surface area (Å²) in [5.74, 6) is 0.194. The molecule has 1 N–H and O–H groups in total. The van der Waals surface area contributed by atoms with E-state index in [1.165, 1.54) is 51.4 Å². The Hall–Kier alpha value is -1.18. The summed E-state index contributed by atoms with van der Waals surface area (Å²) in [6.07, 6.45) is 13.5. The molecule has 0 fully saturated rings. The molecular formula is C18H40O. The molecule has 0 saturated carbocycles. The molecule has 0 radical (unpaired) electrons. The fraction of sp³-hybridized carbons (Fsp3) is 0.667. The monoisotopic (exact) mass is 272 g/mol. The molecule has 0 saturated heterocycles. The molecule has 0 aliphatic rings. The van der Waals surface area contributed by atoms with Crippen molar-refractivity contribution in [3.05, 3.63) is 35.6 Å². The standard InChI is InChI=1S/C18H28O.6H2/c1-3-5-7-9-10-11-12-14-16-18(17-19)15-13-8-6-4-2;;;;;;/h15,18-19H,2-3,5,7,9-12,14,16-17H2,1H3;6*1H. The maximum Gasteiger partial charge on any atom is 0.0500 e. The fourth-order valence-electron chi connectivity index (χ4n) is 2.01. The Morgan fingerprint density at radius 3 is 2.26 bits per heavy atom. The summed E-state index contributed by atoms with van der Waals surface area (Å²) in [6, 6.07) is 0. The third-order valence-corrected chi connectivity index (χ3v) is 3.21. The molecule has 1 atom stereocenters. The van der Waals surface area contributed by atoms with Gasteiger partial charge in [0.15, 0.2) is 0 Å². The highest BCUT2D eigenvalue weighted by Crippen LogP contribution is 2.13. The van der Waals surface area contributed by atoms with Crippen LogP contribution in [0.5, 0.6) is 0 Å². The zero-order chi connectivity index (χ0) is 14.2. The summed E-state index contributed by atoms with van der Waals surface area (Å²) in [7, 11) is 0. The Balaban J connectivity index is -0.000000108. The van der Waals surface area contributed by atoms with Crippen LogP contribution in [0.25, 0.3) is 0 Å². The Labute approximate surface area is 127 Å². The minimum Gasteiger partial charge on any atom is -0.396 e. The molecule has 0 heterocycles. The number of unbranched alkanes of at least 4 members (excludes halogenated alkanes) is 7. The highest BCUT2D eigenvalue weighted by atomic mass is 16.3. The summed E-state index contributed by atoms with van der Waals surface area (Å²) in [6.45, 7) is 5.82. The van der Waals surface area contributed by atoms with Crippen molar-refractivity contribution in [1.29, 1.82) is 0 Å². The average molecular weight is 273 g/mol. The zero-order valence-electron chi connectivity index (χ0n) is 12.4. The summed E-state index contributed by atoms with van der Waals surface area (Å²) in [5.41, 5.74) is 10.6. The van der Waals surface area contributed by atoms with Crippen LogP contribution in [0.4, 0.5) is 0 Å². The van der Waals surface area contributed by atoms with Crippen LogP contribution in [-0.4, -0.2) is 11.7 Å². The number of aliphatic hydroxyl groups excluding tert-OH is 1. The molecular weight excluding hydrogens is 232 g/mol. The quantitative estimate of drug-likeness (QED) is 0.340. The molecule has 19 heavy (non-hydrogen) atoms. The van der Waals surface area contributed by atoms with Gasteiger partial charge in [-0.1, -0.05) is 69.8 Å². The summed E-state index contributed by atoms with van der Waals surface area (Å²) in [4.78, 5) is 0. The van der Waals surface area contributed by atoms with Crippen LogP contribution in [-0.2, 0) is 0 Å². The first kappa shape index (κ1) is 17.8. The van der Waals surface area contributed by atoms with Gasteiger partial charge in [-0.05, 0) is 30.5 Å². The largest absolute Gasteiger partial charge is 0.396 e. The molecule has 0 aliphatic carbocycles. The molecule has 0 amide bonds. The molecule has 1 unspecified atom stereocenters. The molecule has 118 valence electrons. The van der Waals surface area contributed by atoms with Gasteiger partial charge < -0.3 is 5.11 Å². The maximum atomic E-state index is 9.23. The Kier molecular flexibility index (Phi) is 14.0. The molecule has 0 aromatic rings. The third-order valence-electron chi connectivity index (χ3n) is 3.21. The predicted molar refractivity (Wildman–Crippen MR) is 94.7 cm³/mol. The van der Waals surface area contributed by atoms with E-state index >= 15 is 0 Å². The minimum absolute atomic E-state index is 0. The molecule has 0 aliphatic heterocycles. The lowest BCUT2D eigenvalue weighted by Gasteiger charge is -2.07. The molecule has 0 aromatic heterocycles. The first-order valence-electron chi connectivity index (χ1n) is 7.57. The lowest BCUT2D eigenvalue weighted by atomic mass is 10.0. The van der Waals surface area contributed by atoms with E-state index in [-0.39, 0.29) is 21.1 Å². The Morgan fingerprint density at radius 2 is 1.68 bits per heavy atom. The summed E-state index contributed by atoms with van der Waals surface area (Å²) in [5, 5.41) is 9.23. The summed E-state index contributed by atoms with van der Waals surface area (Å²) < 4.78 is 0. The second kappa shape index (κ2) is 14.9. The van der Waals surface area contributed by atoms with Gasteiger partial charge in [-0.15, -0.1) is 0 Å². The predicted octanol–water partition coefficient (Wildman–Crippen LogP) is 6.41. The SMILES string of the molecule is C=C=C=C=C=CC(CO)CCCCCCCCCC.[HH].[HH].[HH].[HH].[HH].[HH]. The van der Waals surface area contributed by atoms with Gasteiger partial charge in [0.2, 0.25) is 0 Å². The van der Waals surface area contributed by atoms with E-state index in [4.69, 9.17) is 0 Å². The van der Waals surface area contributed by atoms with Crippen molar-refractivity contribution in [1.82, 2.24) is 0 Å².